The molecule has 4 heterocycles. The first-order chi connectivity index (χ1) is 16.9. The van der Waals surface area contributed by atoms with Gasteiger partial charge in [-0.25, -0.2) is 4.98 Å². The Labute approximate surface area is 204 Å². The van der Waals surface area contributed by atoms with Gasteiger partial charge in [0.25, 0.3) is 5.91 Å². The summed E-state index contributed by atoms with van der Waals surface area (Å²) in [5.74, 6) is 0.0299. The fourth-order valence-corrected chi connectivity index (χ4v) is 5.12. The highest BCUT2D eigenvalue weighted by atomic mass is 16.5. The Morgan fingerprint density at radius 1 is 1.20 bits per heavy atom. The van der Waals surface area contributed by atoms with Crippen LogP contribution in [0.15, 0.2) is 42.7 Å². The van der Waals surface area contributed by atoms with E-state index < -0.39 is 12.0 Å². The first-order valence-electron chi connectivity index (χ1n) is 12.1. The van der Waals surface area contributed by atoms with Gasteiger partial charge in [-0.1, -0.05) is 19.1 Å². The largest absolute Gasteiger partial charge is 0.397 e. The molecular formula is C26H32N6O3. The highest BCUT2D eigenvalue weighted by Gasteiger charge is 2.32. The van der Waals surface area contributed by atoms with Gasteiger partial charge in [0.1, 0.15) is 0 Å². The van der Waals surface area contributed by atoms with Gasteiger partial charge < -0.3 is 31.5 Å². The predicted octanol–water partition coefficient (Wildman–Crippen LogP) is 2.50. The summed E-state index contributed by atoms with van der Waals surface area (Å²) in [6.07, 6.45) is 4.68. The molecule has 2 aliphatic heterocycles. The third-order valence-corrected chi connectivity index (χ3v) is 7.13. The highest BCUT2D eigenvalue weighted by molar-refractivity contribution is 6.09. The van der Waals surface area contributed by atoms with Crippen LogP contribution in [0.25, 0.3) is 10.9 Å². The molecule has 3 atom stereocenters. The SMILES string of the molecule is C[C@H]1CN(c2ccncc2NC(=O)c2nc3cc(C4CCOCC4)ccc3cc2N)C[C@@H](N)[C@@H]1O. The van der Waals surface area contributed by atoms with Crippen molar-refractivity contribution in [2.45, 2.75) is 37.8 Å². The third-order valence-electron chi connectivity index (χ3n) is 7.13. The second-order valence-electron chi connectivity index (χ2n) is 9.65. The molecule has 2 fully saturated rings. The Hall–Kier alpha value is -3.27. The normalized spacial score (nSPS) is 23.4. The van der Waals surface area contributed by atoms with Crippen LogP contribution >= 0.6 is 0 Å². The van der Waals surface area contributed by atoms with Crippen molar-refractivity contribution < 1.29 is 14.6 Å². The van der Waals surface area contributed by atoms with E-state index in [9.17, 15) is 9.90 Å². The van der Waals surface area contributed by atoms with E-state index in [0.717, 1.165) is 42.6 Å². The lowest BCUT2D eigenvalue weighted by atomic mass is 9.91. The molecule has 9 nitrogen and oxygen atoms in total. The topological polar surface area (TPSA) is 140 Å². The number of pyridine rings is 2. The van der Waals surface area contributed by atoms with Crippen LogP contribution in [0.1, 0.15) is 41.7 Å². The molecule has 184 valence electrons. The van der Waals surface area contributed by atoms with E-state index in [-0.39, 0.29) is 17.7 Å². The standard InChI is InChI=1S/C26H32N6O3/c1-15-13-32(14-20(28)25(15)33)23-4-7-29-12-22(23)31-26(34)24-19(27)10-18-3-2-17(11-21(18)30-24)16-5-8-35-9-6-16/h2-4,7,10-12,15-16,20,25,33H,5-6,8-9,13-14,27-28H2,1H3,(H,31,34)/t15-,20+,25+/m0/s1. The summed E-state index contributed by atoms with van der Waals surface area (Å²) >= 11 is 0. The Kier molecular flexibility index (Phi) is 6.55. The van der Waals surface area contributed by atoms with Gasteiger partial charge in [0.2, 0.25) is 0 Å². The number of carbonyl (C=O) groups excluding carboxylic acids is 1. The number of hydrogen-bond acceptors (Lipinski definition) is 8. The van der Waals surface area contributed by atoms with Gasteiger partial charge in [-0.15, -0.1) is 0 Å². The Balaban J connectivity index is 1.41. The number of nitrogens with two attached hydrogens (primary N) is 2. The molecule has 0 aliphatic carbocycles. The molecule has 6 N–H and O–H groups in total. The fraction of sp³-hybridized carbons (Fsp3) is 0.423. The first kappa shape index (κ1) is 23.5. The van der Waals surface area contributed by atoms with Crippen molar-refractivity contribution in [1.29, 1.82) is 0 Å². The number of carbonyl (C=O) groups is 1. The van der Waals surface area contributed by atoms with Crippen molar-refractivity contribution >= 4 is 33.9 Å². The van der Waals surface area contributed by atoms with E-state index in [4.69, 9.17) is 16.2 Å². The summed E-state index contributed by atoms with van der Waals surface area (Å²) in [5, 5.41) is 14.1. The molecule has 9 heteroatoms. The van der Waals surface area contributed by atoms with Crippen LogP contribution in [-0.4, -0.2) is 59.4 Å². The average Bonchev–Trinajstić information content (AvgIpc) is 2.87. The van der Waals surface area contributed by atoms with Gasteiger partial charge >= 0.3 is 0 Å². The molecule has 0 saturated carbocycles. The van der Waals surface area contributed by atoms with Crippen molar-refractivity contribution in [3.8, 4) is 0 Å². The zero-order valence-electron chi connectivity index (χ0n) is 19.9. The second-order valence-corrected chi connectivity index (χ2v) is 9.65. The summed E-state index contributed by atoms with van der Waals surface area (Å²) in [6.45, 7) is 4.58. The van der Waals surface area contributed by atoms with E-state index in [2.05, 4.69) is 32.3 Å². The second kappa shape index (κ2) is 9.77. The molecule has 0 spiro atoms. The molecule has 0 unspecified atom stereocenters. The molecule has 1 amide bonds. The van der Waals surface area contributed by atoms with Crippen LogP contribution in [0, 0.1) is 5.92 Å². The number of nitrogens with one attached hydrogen (secondary N) is 1. The minimum atomic E-state index is -0.557. The third kappa shape index (κ3) is 4.80. The number of aliphatic hydroxyl groups excluding tert-OH is 1. The Morgan fingerprint density at radius 3 is 2.77 bits per heavy atom. The van der Waals surface area contributed by atoms with E-state index in [1.165, 1.54) is 5.56 Å². The molecule has 2 aliphatic rings. The molecule has 0 radical (unpaired) electrons. The quantitative estimate of drug-likeness (QED) is 0.450. The van der Waals surface area contributed by atoms with Crippen LogP contribution < -0.4 is 21.7 Å². The van der Waals surface area contributed by atoms with Gasteiger partial charge in [0.05, 0.1) is 34.9 Å². The average molecular weight is 477 g/mol. The van der Waals surface area contributed by atoms with Crippen molar-refractivity contribution in [3.63, 3.8) is 0 Å². The van der Waals surface area contributed by atoms with Gasteiger partial charge in [-0.3, -0.25) is 9.78 Å². The number of nitrogen functional groups attached to an aromatic ring is 1. The van der Waals surface area contributed by atoms with Crippen LogP contribution in [0.2, 0.25) is 0 Å². The lowest BCUT2D eigenvalue weighted by Crippen LogP contribution is -2.55. The number of aromatic nitrogens is 2. The van der Waals surface area contributed by atoms with Crippen LogP contribution in [0.5, 0.6) is 0 Å². The van der Waals surface area contributed by atoms with E-state index in [0.29, 0.717) is 30.4 Å². The van der Waals surface area contributed by atoms with E-state index in [1.54, 1.807) is 18.5 Å². The molecule has 1 aromatic carbocycles. The van der Waals surface area contributed by atoms with Crippen LogP contribution in [0.3, 0.4) is 0 Å². The lowest BCUT2D eigenvalue weighted by molar-refractivity contribution is 0.0785. The zero-order chi connectivity index (χ0) is 24.5. The summed E-state index contributed by atoms with van der Waals surface area (Å²) in [6, 6.07) is 9.44. The minimum absolute atomic E-state index is 0.00168. The van der Waals surface area contributed by atoms with Crippen molar-refractivity contribution in [2.24, 2.45) is 11.7 Å². The van der Waals surface area contributed by atoms with E-state index >= 15 is 0 Å². The molecular weight excluding hydrogens is 444 g/mol. The summed E-state index contributed by atoms with van der Waals surface area (Å²) < 4.78 is 5.49. The molecule has 35 heavy (non-hydrogen) atoms. The smallest absolute Gasteiger partial charge is 0.276 e. The van der Waals surface area contributed by atoms with Gasteiger partial charge in [-0.2, -0.15) is 0 Å². The van der Waals surface area contributed by atoms with E-state index in [1.807, 2.05) is 19.1 Å². The lowest BCUT2D eigenvalue weighted by Gasteiger charge is -2.40. The summed E-state index contributed by atoms with van der Waals surface area (Å²) in [4.78, 5) is 24.2. The zero-order valence-corrected chi connectivity index (χ0v) is 19.9. The highest BCUT2D eigenvalue weighted by Crippen LogP contribution is 2.32. The number of hydrogen-bond donors (Lipinski definition) is 4. The number of amides is 1. The van der Waals surface area contributed by atoms with Crippen molar-refractivity contribution in [2.75, 3.05) is 42.3 Å². The fourth-order valence-electron chi connectivity index (χ4n) is 5.12. The number of ether oxygens (including phenoxy) is 1. The first-order valence-corrected chi connectivity index (χ1v) is 12.1. The minimum Gasteiger partial charge on any atom is -0.397 e. The number of piperidine rings is 1. The number of anilines is 3. The monoisotopic (exact) mass is 476 g/mol. The van der Waals surface area contributed by atoms with Gasteiger partial charge in [0, 0.05) is 49.8 Å². The maximum Gasteiger partial charge on any atom is 0.276 e. The number of aliphatic hydroxyl groups is 1. The van der Waals surface area contributed by atoms with Gasteiger partial charge in [0.15, 0.2) is 5.69 Å². The Bertz CT molecular complexity index is 1220. The molecule has 2 aromatic heterocycles. The Morgan fingerprint density at radius 2 is 2.00 bits per heavy atom. The predicted molar refractivity (Wildman–Crippen MR) is 136 cm³/mol. The molecule has 0 bridgehead atoms. The summed E-state index contributed by atoms with van der Waals surface area (Å²) in [5.41, 5.74) is 16.2. The van der Waals surface area contributed by atoms with Crippen LogP contribution in [-0.2, 0) is 4.74 Å². The maximum absolute atomic E-state index is 13.3. The number of fused-ring (bicyclic) bond motifs is 1. The van der Waals surface area contributed by atoms with Crippen molar-refractivity contribution in [1.82, 2.24) is 9.97 Å². The maximum atomic E-state index is 13.3. The molecule has 2 saturated heterocycles. The number of benzene rings is 1. The summed E-state index contributed by atoms with van der Waals surface area (Å²) in [7, 11) is 0. The van der Waals surface area contributed by atoms with Crippen LogP contribution in [0.4, 0.5) is 17.1 Å². The van der Waals surface area contributed by atoms with Gasteiger partial charge in [-0.05, 0) is 42.5 Å². The number of nitrogens with zero attached hydrogens (tertiary/aromatic N) is 3. The van der Waals surface area contributed by atoms with Crippen molar-refractivity contribution in [3.05, 3.63) is 54.0 Å². The molecule has 3 aromatic rings. The number of rotatable bonds is 4. The molecule has 5 rings (SSSR count).